The molecule has 0 aliphatic carbocycles. The molecule has 1 aliphatic heterocycles. The molecule has 1 saturated heterocycles. The molecule has 0 radical (unpaired) electrons. The highest BCUT2D eigenvalue weighted by Crippen LogP contribution is 2.28. The van der Waals surface area contributed by atoms with Crippen molar-refractivity contribution in [2.45, 2.75) is 18.8 Å². The summed E-state index contributed by atoms with van der Waals surface area (Å²) in [6.45, 7) is 1.82. The lowest BCUT2D eigenvalue weighted by molar-refractivity contribution is 0.306. The Labute approximate surface area is 158 Å². The van der Waals surface area contributed by atoms with E-state index in [0.29, 0.717) is 5.92 Å². The van der Waals surface area contributed by atoms with E-state index in [1.54, 1.807) is 7.11 Å². The van der Waals surface area contributed by atoms with E-state index in [9.17, 15) is 0 Å². The Kier molecular flexibility index (Phi) is 4.75. The largest absolute Gasteiger partial charge is 0.495 e. The first-order valence-electron chi connectivity index (χ1n) is 8.88. The number of aromatic amines is 1. The summed E-state index contributed by atoms with van der Waals surface area (Å²) in [5.41, 5.74) is 3.01. The van der Waals surface area contributed by atoms with Gasteiger partial charge in [0.2, 0.25) is 0 Å². The zero-order valence-corrected chi connectivity index (χ0v) is 15.6. The van der Waals surface area contributed by atoms with Crippen LogP contribution < -0.4 is 10.1 Å². The maximum Gasteiger partial charge on any atom is 0.173 e. The lowest BCUT2D eigenvalue weighted by Gasteiger charge is -2.34. The second kappa shape index (κ2) is 7.33. The zero-order valence-electron chi connectivity index (χ0n) is 14.7. The predicted molar refractivity (Wildman–Crippen MR) is 109 cm³/mol. The third-order valence-electron chi connectivity index (χ3n) is 4.85. The van der Waals surface area contributed by atoms with E-state index >= 15 is 0 Å². The van der Waals surface area contributed by atoms with Gasteiger partial charge in [0.25, 0.3) is 0 Å². The van der Waals surface area contributed by atoms with Gasteiger partial charge < -0.3 is 19.9 Å². The number of aromatic nitrogens is 2. The summed E-state index contributed by atoms with van der Waals surface area (Å²) in [7, 11) is 1.67. The van der Waals surface area contributed by atoms with Crippen LogP contribution in [0.25, 0.3) is 11.0 Å². The molecule has 3 aromatic rings. The predicted octanol–water partition coefficient (Wildman–Crippen LogP) is 4.15. The number of rotatable bonds is 3. The van der Waals surface area contributed by atoms with E-state index in [0.717, 1.165) is 59.3 Å². The molecule has 5 nitrogen and oxygen atoms in total. The molecule has 0 amide bonds. The van der Waals surface area contributed by atoms with E-state index in [2.05, 4.69) is 21.3 Å². The van der Waals surface area contributed by atoms with Gasteiger partial charge in [0.05, 0.1) is 23.8 Å². The number of fused-ring (bicyclic) bond motifs is 1. The number of methoxy groups -OCH3 is 1. The molecule has 2 heterocycles. The Morgan fingerprint density at radius 1 is 1.23 bits per heavy atom. The molecule has 0 saturated carbocycles. The summed E-state index contributed by atoms with van der Waals surface area (Å²) in [5.74, 6) is 2.20. The summed E-state index contributed by atoms with van der Waals surface area (Å²) in [6, 6.07) is 16.0. The van der Waals surface area contributed by atoms with E-state index in [4.69, 9.17) is 21.9 Å². The molecule has 2 N–H and O–H groups in total. The van der Waals surface area contributed by atoms with Crippen molar-refractivity contribution in [2.75, 3.05) is 25.5 Å². The third kappa shape index (κ3) is 3.37. The van der Waals surface area contributed by atoms with Crippen molar-refractivity contribution >= 4 is 34.1 Å². The van der Waals surface area contributed by atoms with Gasteiger partial charge in [-0.25, -0.2) is 4.98 Å². The fourth-order valence-corrected chi connectivity index (χ4v) is 3.77. The number of hydrogen-bond acceptors (Lipinski definition) is 3. The first-order chi connectivity index (χ1) is 12.7. The Balaban J connectivity index is 1.48. The van der Waals surface area contributed by atoms with Crippen LogP contribution in [0.15, 0.2) is 48.5 Å². The number of nitrogens with zero attached hydrogens (tertiary/aromatic N) is 2. The average Bonchev–Trinajstić information content (AvgIpc) is 3.13. The summed E-state index contributed by atoms with van der Waals surface area (Å²) >= 11 is 5.66. The van der Waals surface area contributed by atoms with Gasteiger partial charge in [0.15, 0.2) is 5.11 Å². The highest BCUT2D eigenvalue weighted by Gasteiger charge is 2.25. The first-order valence-corrected chi connectivity index (χ1v) is 9.29. The van der Waals surface area contributed by atoms with Gasteiger partial charge in [-0.15, -0.1) is 0 Å². The second-order valence-corrected chi connectivity index (χ2v) is 6.94. The fourth-order valence-electron chi connectivity index (χ4n) is 3.49. The van der Waals surface area contributed by atoms with Crippen molar-refractivity contribution in [2.24, 2.45) is 0 Å². The monoisotopic (exact) mass is 366 g/mol. The minimum atomic E-state index is 0.355. The molecule has 0 bridgehead atoms. The number of ether oxygens (including phenoxy) is 1. The standard InChI is InChI=1S/C20H22N4OS/c1-25-18-11-5-4-10-17(18)23-20(26)24-12-6-7-14(13-24)19-21-15-8-2-3-9-16(15)22-19/h2-5,8-11,14H,6-7,12-13H2,1H3,(H,21,22)(H,23,26). The van der Waals surface area contributed by atoms with Crippen molar-refractivity contribution in [3.63, 3.8) is 0 Å². The van der Waals surface area contributed by atoms with Gasteiger partial charge in [-0.1, -0.05) is 24.3 Å². The quantitative estimate of drug-likeness (QED) is 0.682. The number of nitrogens with one attached hydrogen (secondary N) is 2. The maximum atomic E-state index is 5.66. The Hall–Kier alpha value is -2.60. The Morgan fingerprint density at radius 2 is 2.04 bits per heavy atom. The molecule has 1 aromatic heterocycles. The molecule has 1 fully saturated rings. The molecule has 1 atom stereocenters. The SMILES string of the molecule is COc1ccccc1NC(=S)N1CCCC(c2nc3ccccc3[nH]2)C1. The van der Waals surface area contributed by atoms with Crippen LogP contribution in [0.3, 0.4) is 0 Å². The van der Waals surface area contributed by atoms with Crippen LogP contribution in [0.4, 0.5) is 5.69 Å². The highest BCUT2D eigenvalue weighted by atomic mass is 32.1. The van der Waals surface area contributed by atoms with Crippen LogP contribution in [0.1, 0.15) is 24.6 Å². The van der Waals surface area contributed by atoms with Crippen LogP contribution in [0.5, 0.6) is 5.75 Å². The fraction of sp³-hybridized carbons (Fsp3) is 0.300. The van der Waals surface area contributed by atoms with E-state index in [1.807, 2.05) is 42.5 Å². The van der Waals surface area contributed by atoms with Crippen LogP contribution >= 0.6 is 12.2 Å². The molecule has 1 unspecified atom stereocenters. The molecular formula is C20H22N4OS. The summed E-state index contributed by atoms with van der Waals surface area (Å²) in [4.78, 5) is 10.5. The number of piperidine rings is 1. The lowest BCUT2D eigenvalue weighted by Crippen LogP contribution is -2.41. The summed E-state index contributed by atoms with van der Waals surface area (Å²) in [6.07, 6.45) is 2.21. The molecule has 6 heteroatoms. The number of para-hydroxylation sites is 4. The van der Waals surface area contributed by atoms with Crippen molar-refractivity contribution in [1.29, 1.82) is 0 Å². The number of thiocarbonyl (C=S) groups is 1. The van der Waals surface area contributed by atoms with E-state index in [1.165, 1.54) is 0 Å². The molecule has 1 aliphatic rings. The molecular weight excluding hydrogens is 344 g/mol. The molecule has 0 spiro atoms. The van der Waals surface area contributed by atoms with Crippen LogP contribution in [0, 0.1) is 0 Å². The maximum absolute atomic E-state index is 5.66. The van der Waals surface area contributed by atoms with E-state index < -0.39 is 0 Å². The minimum Gasteiger partial charge on any atom is -0.495 e. The van der Waals surface area contributed by atoms with E-state index in [-0.39, 0.29) is 0 Å². The van der Waals surface area contributed by atoms with Gasteiger partial charge in [-0.2, -0.15) is 0 Å². The van der Waals surface area contributed by atoms with Gasteiger partial charge in [0.1, 0.15) is 11.6 Å². The number of likely N-dealkylation sites (tertiary alicyclic amines) is 1. The minimum absolute atomic E-state index is 0.355. The second-order valence-electron chi connectivity index (χ2n) is 6.55. The Morgan fingerprint density at radius 3 is 2.88 bits per heavy atom. The smallest absolute Gasteiger partial charge is 0.173 e. The number of hydrogen-bond donors (Lipinski definition) is 2. The zero-order chi connectivity index (χ0) is 17.9. The van der Waals surface area contributed by atoms with Crippen molar-refractivity contribution < 1.29 is 4.74 Å². The van der Waals surface area contributed by atoms with Crippen LogP contribution in [-0.2, 0) is 0 Å². The molecule has 134 valence electrons. The molecule has 2 aromatic carbocycles. The normalized spacial score (nSPS) is 17.3. The third-order valence-corrected chi connectivity index (χ3v) is 5.21. The first kappa shape index (κ1) is 16.8. The summed E-state index contributed by atoms with van der Waals surface area (Å²) < 4.78 is 5.40. The highest BCUT2D eigenvalue weighted by molar-refractivity contribution is 7.80. The van der Waals surface area contributed by atoms with Crippen molar-refractivity contribution in [1.82, 2.24) is 14.9 Å². The van der Waals surface area contributed by atoms with Gasteiger partial charge in [0, 0.05) is 19.0 Å². The van der Waals surface area contributed by atoms with Crippen LogP contribution in [-0.4, -0.2) is 40.2 Å². The van der Waals surface area contributed by atoms with Gasteiger partial charge >= 0.3 is 0 Å². The Bertz CT molecular complexity index is 890. The number of imidazole rings is 1. The topological polar surface area (TPSA) is 53.2 Å². The average molecular weight is 366 g/mol. The number of anilines is 1. The van der Waals surface area contributed by atoms with Crippen molar-refractivity contribution in [3.8, 4) is 5.75 Å². The lowest BCUT2D eigenvalue weighted by atomic mass is 9.98. The van der Waals surface area contributed by atoms with Gasteiger partial charge in [-0.3, -0.25) is 0 Å². The molecule has 26 heavy (non-hydrogen) atoms. The number of H-pyrrole nitrogens is 1. The van der Waals surface area contributed by atoms with Crippen LogP contribution in [0.2, 0.25) is 0 Å². The summed E-state index contributed by atoms with van der Waals surface area (Å²) in [5, 5.41) is 4.06. The van der Waals surface area contributed by atoms with Gasteiger partial charge in [-0.05, 0) is 49.3 Å². The number of benzene rings is 2. The molecule has 4 rings (SSSR count). The van der Waals surface area contributed by atoms with Crippen molar-refractivity contribution in [3.05, 3.63) is 54.4 Å².